The van der Waals surface area contributed by atoms with Gasteiger partial charge < -0.3 is 9.80 Å². The summed E-state index contributed by atoms with van der Waals surface area (Å²) in [6.07, 6.45) is 2.17. The molecule has 0 radical (unpaired) electrons. The maximum Gasteiger partial charge on any atom is 0.208 e. The van der Waals surface area contributed by atoms with E-state index in [2.05, 4.69) is 45.8 Å². The van der Waals surface area contributed by atoms with Crippen molar-refractivity contribution in [2.24, 2.45) is 0 Å². The Hall–Kier alpha value is -1.21. The quantitative estimate of drug-likeness (QED) is 0.866. The minimum absolute atomic E-state index is 0.998. The third-order valence-corrected chi connectivity index (χ3v) is 5.94. The topological polar surface area (TPSA) is 45.2 Å². The SMILES string of the molecule is CCCc1nnc(N2CCN(c3nc(C)c(C)s3)CC2)s1. The first-order valence-corrected chi connectivity index (χ1v) is 9.07. The molecule has 1 aliphatic rings. The van der Waals surface area contributed by atoms with Crippen LogP contribution in [0.1, 0.15) is 28.9 Å². The molecular weight excluding hydrogens is 302 g/mol. The Bertz CT molecular complexity index is 579. The van der Waals surface area contributed by atoms with Gasteiger partial charge in [0.05, 0.1) is 5.69 Å². The zero-order valence-electron chi connectivity index (χ0n) is 12.8. The van der Waals surface area contributed by atoms with E-state index in [1.807, 2.05) is 0 Å². The van der Waals surface area contributed by atoms with Gasteiger partial charge in [-0.25, -0.2) is 4.98 Å². The van der Waals surface area contributed by atoms with Gasteiger partial charge in [-0.3, -0.25) is 0 Å². The molecule has 2 aromatic rings. The fraction of sp³-hybridized carbons (Fsp3) is 0.643. The summed E-state index contributed by atoms with van der Waals surface area (Å²) in [5.74, 6) is 0. The fourth-order valence-electron chi connectivity index (χ4n) is 2.37. The lowest BCUT2D eigenvalue weighted by Gasteiger charge is -2.34. The molecule has 1 aliphatic heterocycles. The van der Waals surface area contributed by atoms with Crippen molar-refractivity contribution in [3.05, 3.63) is 15.6 Å². The van der Waals surface area contributed by atoms with E-state index < -0.39 is 0 Å². The second-order valence-electron chi connectivity index (χ2n) is 5.34. The van der Waals surface area contributed by atoms with Crippen molar-refractivity contribution in [1.29, 1.82) is 0 Å². The van der Waals surface area contributed by atoms with Crippen LogP contribution in [0.25, 0.3) is 0 Å². The van der Waals surface area contributed by atoms with Gasteiger partial charge >= 0.3 is 0 Å². The summed E-state index contributed by atoms with van der Waals surface area (Å²) in [7, 11) is 0. The summed E-state index contributed by atoms with van der Waals surface area (Å²) in [6.45, 7) is 10.4. The molecule has 0 amide bonds. The van der Waals surface area contributed by atoms with Gasteiger partial charge in [-0.15, -0.1) is 21.5 Å². The van der Waals surface area contributed by atoms with Crippen LogP contribution >= 0.6 is 22.7 Å². The molecule has 7 heteroatoms. The van der Waals surface area contributed by atoms with Crippen LogP contribution in [0, 0.1) is 13.8 Å². The highest BCUT2D eigenvalue weighted by Crippen LogP contribution is 2.28. The molecule has 0 aromatic carbocycles. The van der Waals surface area contributed by atoms with Crippen molar-refractivity contribution in [3.63, 3.8) is 0 Å². The van der Waals surface area contributed by atoms with Gasteiger partial charge in [-0.1, -0.05) is 18.3 Å². The number of aryl methyl sites for hydroxylation is 3. The van der Waals surface area contributed by atoms with E-state index in [0.717, 1.165) is 60.0 Å². The van der Waals surface area contributed by atoms with E-state index in [1.54, 1.807) is 22.7 Å². The molecular formula is C14H21N5S2. The maximum atomic E-state index is 4.66. The van der Waals surface area contributed by atoms with Gasteiger partial charge in [0, 0.05) is 37.5 Å². The van der Waals surface area contributed by atoms with E-state index in [4.69, 9.17) is 0 Å². The molecule has 0 bridgehead atoms. The number of hydrogen-bond donors (Lipinski definition) is 0. The highest BCUT2D eigenvalue weighted by atomic mass is 32.1. The Morgan fingerprint density at radius 2 is 1.62 bits per heavy atom. The molecule has 0 N–H and O–H groups in total. The van der Waals surface area contributed by atoms with Gasteiger partial charge in [-0.05, 0) is 20.3 Å². The lowest BCUT2D eigenvalue weighted by atomic mass is 10.3. The molecule has 0 unspecified atom stereocenters. The molecule has 0 saturated carbocycles. The predicted molar refractivity (Wildman–Crippen MR) is 89.9 cm³/mol. The molecule has 1 fully saturated rings. The van der Waals surface area contributed by atoms with Crippen LogP contribution in [0.3, 0.4) is 0 Å². The van der Waals surface area contributed by atoms with Crippen molar-refractivity contribution in [2.75, 3.05) is 36.0 Å². The zero-order valence-corrected chi connectivity index (χ0v) is 14.4. The van der Waals surface area contributed by atoms with Crippen LogP contribution in [0.4, 0.5) is 10.3 Å². The summed E-state index contributed by atoms with van der Waals surface area (Å²) in [4.78, 5) is 10.7. The Kier molecular flexibility index (Phi) is 4.40. The average Bonchev–Trinajstić information content (AvgIpc) is 3.08. The van der Waals surface area contributed by atoms with E-state index in [0.29, 0.717) is 0 Å². The number of aromatic nitrogens is 3. The van der Waals surface area contributed by atoms with Gasteiger partial charge in [0.2, 0.25) is 5.13 Å². The van der Waals surface area contributed by atoms with Crippen molar-refractivity contribution in [2.45, 2.75) is 33.6 Å². The summed E-state index contributed by atoms with van der Waals surface area (Å²) >= 11 is 3.54. The Morgan fingerprint density at radius 3 is 2.19 bits per heavy atom. The lowest BCUT2D eigenvalue weighted by molar-refractivity contribution is 0.647. The second-order valence-corrected chi connectivity index (χ2v) is 7.56. The number of anilines is 2. The van der Waals surface area contributed by atoms with Crippen molar-refractivity contribution in [1.82, 2.24) is 15.2 Å². The van der Waals surface area contributed by atoms with Crippen LogP contribution in [-0.2, 0) is 6.42 Å². The number of piperazine rings is 1. The molecule has 0 spiro atoms. The normalized spacial score (nSPS) is 15.8. The van der Waals surface area contributed by atoms with Gasteiger partial charge in [0.15, 0.2) is 5.13 Å². The molecule has 3 heterocycles. The van der Waals surface area contributed by atoms with E-state index >= 15 is 0 Å². The van der Waals surface area contributed by atoms with E-state index in [1.165, 1.54) is 4.88 Å². The molecule has 2 aromatic heterocycles. The predicted octanol–water partition coefficient (Wildman–Crippen LogP) is 2.89. The van der Waals surface area contributed by atoms with Gasteiger partial charge in [0.25, 0.3) is 0 Å². The van der Waals surface area contributed by atoms with E-state index in [9.17, 15) is 0 Å². The highest BCUT2D eigenvalue weighted by Gasteiger charge is 2.22. The average molecular weight is 323 g/mol. The summed E-state index contributed by atoms with van der Waals surface area (Å²) in [5.41, 5.74) is 1.16. The largest absolute Gasteiger partial charge is 0.345 e. The first-order valence-electron chi connectivity index (χ1n) is 7.43. The minimum atomic E-state index is 0.998. The Labute approximate surface area is 133 Å². The molecule has 0 atom stereocenters. The molecule has 5 nitrogen and oxygen atoms in total. The lowest BCUT2D eigenvalue weighted by Crippen LogP contribution is -2.46. The minimum Gasteiger partial charge on any atom is -0.345 e. The monoisotopic (exact) mass is 323 g/mol. The first kappa shape index (κ1) is 14.7. The number of nitrogens with zero attached hydrogens (tertiary/aromatic N) is 5. The fourth-order valence-corrected chi connectivity index (χ4v) is 4.32. The van der Waals surface area contributed by atoms with Crippen molar-refractivity contribution >= 4 is 32.9 Å². The standard InChI is InChI=1S/C14H21N5S2/c1-4-5-12-16-17-14(21-12)19-8-6-18(7-9-19)13-15-10(2)11(3)20-13/h4-9H2,1-3H3. The smallest absolute Gasteiger partial charge is 0.208 e. The number of rotatable bonds is 4. The summed E-state index contributed by atoms with van der Waals surface area (Å²) in [5, 5.41) is 12.0. The van der Waals surface area contributed by atoms with E-state index in [-0.39, 0.29) is 0 Å². The van der Waals surface area contributed by atoms with Crippen molar-refractivity contribution in [3.8, 4) is 0 Å². The van der Waals surface area contributed by atoms with Crippen LogP contribution in [-0.4, -0.2) is 41.4 Å². The zero-order chi connectivity index (χ0) is 14.8. The highest BCUT2D eigenvalue weighted by molar-refractivity contribution is 7.15. The number of hydrogen-bond acceptors (Lipinski definition) is 7. The van der Waals surface area contributed by atoms with Crippen LogP contribution in [0.2, 0.25) is 0 Å². The second kappa shape index (κ2) is 6.27. The molecule has 114 valence electrons. The molecule has 1 saturated heterocycles. The molecule has 0 aliphatic carbocycles. The molecule has 3 rings (SSSR count). The Balaban J connectivity index is 1.61. The van der Waals surface area contributed by atoms with Crippen molar-refractivity contribution < 1.29 is 0 Å². The third-order valence-electron chi connectivity index (χ3n) is 3.76. The number of thiazole rings is 1. The van der Waals surface area contributed by atoms with Gasteiger partial charge in [0.1, 0.15) is 5.01 Å². The first-order chi connectivity index (χ1) is 10.2. The third kappa shape index (κ3) is 3.18. The van der Waals surface area contributed by atoms with Crippen LogP contribution < -0.4 is 9.80 Å². The van der Waals surface area contributed by atoms with Crippen LogP contribution in [0.5, 0.6) is 0 Å². The maximum absolute atomic E-state index is 4.66. The molecule has 21 heavy (non-hydrogen) atoms. The van der Waals surface area contributed by atoms with Crippen LogP contribution in [0.15, 0.2) is 0 Å². The van der Waals surface area contributed by atoms with Gasteiger partial charge in [-0.2, -0.15) is 0 Å². The Morgan fingerprint density at radius 1 is 0.952 bits per heavy atom. The summed E-state index contributed by atoms with van der Waals surface area (Å²) < 4.78 is 0. The summed E-state index contributed by atoms with van der Waals surface area (Å²) in [6, 6.07) is 0.